The van der Waals surface area contributed by atoms with Crippen LogP contribution in [0.25, 0.3) is 0 Å². The van der Waals surface area contributed by atoms with Crippen LogP contribution in [-0.4, -0.2) is 54.7 Å². The summed E-state index contributed by atoms with van der Waals surface area (Å²) in [7, 11) is 3.09. The van der Waals surface area contributed by atoms with Crippen molar-refractivity contribution in [3.63, 3.8) is 0 Å². The van der Waals surface area contributed by atoms with Crippen LogP contribution in [0.2, 0.25) is 10.0 Å². The molecule has 0 saturated carbocycles. The lowest BCUT2D eigenvalue weighted by molar-refractivity contribution is -0.141. The number of halogens is 2. The van der Waals surface area contributed by atoms with Crippen molar-refractivity contribution in [2.45, 2.75) is 35.4 Å². The van der Waals surface area contributed by atoms with Crippen molar-refractivity contribution in [3.05, 3.63) is 81.8 Å². The summed E-state index contributed by atoms with van der Waals surface area (Å²) in [4.78, 5) is 28.9. The largest absolute Gasteiger partial charge is 0.493 e. The number of carbonyl (C=O) groups excluding carboxylic acids is 2. The molecule has 39 heavy (non-hydrogen) atoms. The predicted molar refractivity (Wildman–Crippen MR) is 152 cm³/mol. The van der Waals surface area contributed by atoms with Crippen molar-refractivity contribution < 1.29 is 24.2 Å². The van der Waals surface area contributed by atoms with E-state index in [-0.39, 0.29) is 5.02 Å². The molecule has 11 heteroatoms. The number of hydrogen-bond acceptors (Lipinski definition) is 7. The van der Waals surface area contributed by atoms with Gasteiger partial charge in [-0.1, -0.05) is 41.4 Å². The molecule has 2 heterocycles. The number of primary amides is 1. The molecule has 8 nitrogen and oxygen atoms in total. The Labute approximate surface area is 240 Å². The highest BCUT2D eigenvalue weighted by atomic mass is 35.5. The van der Waals surface area contributed by atoms with Crippen molar-refractivity contribution in [2.24, 2.45) is 5.73 Å². The molecule has 3 aromatic carbocycles. The van der Waals surface area contributed by atoms with Crippen molar-refractivity contribution in [1.82, 2.24) is 4.90 Å². The van der Waals surface area contributed by atoms with E-state index >= 15 is 0 Å². The lowest BCUT2D eigenvalue weighted by Gasteiger charge is -2.38. The monoisotopic (exact) mass is 587 g/mol. The molecule has 3 N–H and O–H groups in total. The van der Waals surface area contributed by atoms with E-state index in [0.29, 0.717) is 52.7 Å². The highest BCUT2D eigenvalue weighted by Gasteiger charge is 2.58. The van der Waals surface area contributed by atoms with Crippen LogP contribution in [-0.2, 0) is 15.2 Å². The molecule has 0 aromatic heterocycles. The van der Waals surface area contributed by atoms with Gasteiger partial charge in [-0.05, 0) is 67.3 Å². The van der Waals surface area contributed by atoms with E-state index < -0.39 is 29.5 Å². The first kappa shape index (κ1) is 27.5. The predicted octanol–water partition coefficient (Wildman–Crippen LogP) is 4.62. The quantitative estimate of drug-likeness (QED) is 0.388. The molecule has 1 fully saturated rings. The first-order valence-electron chi connectivity index (χ1n) is 12.3. The Balaban J connectivity index is 1.70. The molecule has 204 valence electrons. The van der Waals surface area contributed by atoms with E-state index in [0.717, 1.165) is 4.90 Å². The van der Waals surface area contributed by atoms with Gasteiger partial charge in [0.2, 0.25) is 5.91 Å². The second-order valence-corrected chi connectivity index (χ2v) is 11.2. The number of likely N-dealkylation sites (tertiary alicyclic amines) is 1. The van der Waals surface area contributed by atoms with Crippen molar-refractivity contribution in [2.75, 3.05) is 25.1 Å². The van der Waals surface area contributed by atoms with Crippen molar-refractivity contribution >= 4 is 52.7 Å². The number of benzene rings is 3. The molecule has 0 spiro atoms. The number of carbonyl (C=O) groups is 2. The number of anilines is 1. The van der Waals surface area contributed by atoms with Gasteiger partial charge in [0.15, 0.2) is 17.5 Å². The maximum atomic E-state index is 14.4. The second kappa shape index (κ2) is 10.8. The molecule has 5 rings (SSSR count). The number of methoxy groups -OCH3 is 2. The fourth-order valence-electron chi connectivity index (χ4n) is 5.38. The van der Waals surface area contributed by atoms with Crippen molar-refractivity contribution in [3.8, 4) is 11.5 Å². The molecule has 0 bridgehead atoms. The Morgan fingerprint density at radius 1 is 1.03 bits per heavy atom. The van der Waals surface area contributed by atoms with E-state index in [9.17, 15) is 14.7 Å². The minimum absolute atomic E-state index is 0.287. The third-order valence-corrected chi connectivity index (χ3v) is 8.81. The minimum Gasteiger partial charge on any atom is -0.493 e. The van der Waals surface area contributed by atoms with Gasteiger partial charge in [-0.25, -0.2) is 0 Å². The van der Waals surface area contributed by atoms with E-state index in [1.165, 1.54) is 16.8 Å². The van der Waals surface area contributed by atoms with E-state index in [4.69, 9.17) is 38.4 Å². The summed E-state index contributed by atoms with van der Waals surface area (Å²) in [6.45, 7) is 0.341. The number of aliphatic hydroxyl groups is 1. The summed E-state index contributed by atoms with van der Waals surface area (Å²) in [5.74, 6) is 0.0337. The van der Waals surface area contributed by atoms with E-state index in [2.05, 4.69) is 0 Å². The third-order valence-electron chi connectivity index (χ3n) is 7.18. The van der Waals surface area contributed by atoms with Crippen molar-refractivity contribution in [1.29, 1.82) is 0 Å². The number of fused-ring (bicyclic) bond motifs is 1. The summed E-state index contributed by atoms with van der Waals surface area (Å²) < 4.78 is 12.6. The van der Waals surface area contributed by atoms with Gasteiger partial charge in [0.05, 0.1) is 19.9 Å². The maximum Gasteiger partial charge on any atom is 0.250 e. The lowest BCUT2D eigenvalue weighted by Crippen LogP contribution is -2.57. The Morgan fingerprint density at radius 2 is 1.77 bits per heavy atom. The average Bonchev–Trinajstić information content (AvgIpc) is 3.51. The van der Waals surface area contributed by atoms with Gasteiger partial charge in [0.1, 0.15) is 11.6 Å². The normalized spacial score (nSPS) is 22.1. The first-order chi connectivity index (χ1) is 18.7. The smallest absolute Gasteiger partial charge is 0.250 e. The molecule has 1 saturated heterocycles. The molecule has 2 aliphatic rings. The van der Waals surface area contributed by atoms with Crippen LogP contribution in [0.15, 0.2) is 65.6 Å². The van der Waals surface area contributed by atoms with Gasteiger partial charge < -0.3 is 25.2 Å². The van der Waals surface area contributed by atoms with Gasteiger partial charge in [-0.2, -0.15) is 0 Å². The highest BCUT2D eigenvalue weighted by Crippen LogP contribution is 2.54. The molecule has 3 aromatic rings. The fraction of sp³-hybridized carbons (Fsp3) is 0.286. The van der Waals surface area contributed by atoms with Gasteiger partial charge in [-0.15, -0.1) is 0 Å². The number of nitrogens with zero attached hydrogens (tertiary/aromatic N) is 2. The third kappa shape index (κ3) is 4.67. The summed E-state index contributed by atoms with van der Waals surface area (Å²) >= 11 is 14.3. The number of nitrogens with two attached hydrogens (primary N) is 1. The van der Waals surface area contributed by atoms with Crippen LogP contribution in [0, 0.1) is 0 Å². The molecule has 0 aliphatic carbocycles. The van der Waals surface area contributed by atoms with Gasteiger partial charge >= 0.3 is 0 Å². The van der Waals surface area contributed by atoms with Crippen LogP contribution < -0.4 is 19.5 Å². The standard InChI is InChI=1S/C28H27Cl2N3O5S/c1-37-23-12-10-17(15-24(23)38-2)39-33-21-11-9-16(29)14-19(21)28(36,18-6-3-4-7-20(18)30)25(33)27(35)32-13-5-8-22(32)26(31)34/h3-4,6-7,9-12,14-15,22,25,36H,5,8,13H2,1-2H3,(H2,31,34)/t22-,25-,28+/m0/s1. The second-order valence-electron chi connectivity index (χ2n) is 9.34. The van der Waals surface area contributed by atoms with E-state index in [1.807, 2.05) is 6.07 Å². The van der Waals surface area contributed by atoms with E-state index in [1.54, 1.807) is 73.1 Å². The summed E-state index contributed by atoms with van der Waals surface area (Å²) in [6.07, 6.45) is 1.08. The molecule has 0 unspecified atom stereocenters. The number of rotatable bonds is 7. The zero-order valence-electron chi connectivity index (χ0n) is 21.3. The highest BCUT2D eigenvalue weighted by molar-refractivity contribution is 8.00. The van der Waals surface area contributed by atoms with Gasteiger partial charge in [-0.3, -0.25) is 13.9 Å². The Kier molecular flexibility index (Phi) is 7.61. The van der Waals surface area contributed by atoms with Crippen LogP contribution in [0.3, 0.4) is 0 Å². The molecule has 2 amide bonds. The van der Waals surface area contributed by atoms with Crippen LogP contribution in [0.5, 0.6) is 11.5 Å². The molecular weight excluding hydrogens is 561 g/mol. The number of hydrogen-bond donors (Lipinski definition) is 2. The minimum atomic E-state index is -1.90. The fourth-order valence-corrected chi connectivity index (χ4v) is 6.95. The average molecular weight is 589 g/mol. The number of amides is 2. The summed E-state index contributed by atoms with van der Waals surface area (Å²) in [5.41, 5.74) is 5.12. The Hall–Kier alpha value is -3.11. The molecule has 2 aliphatic heterocycles. The van der Waals surface area contributed by atoms with Crippen LogP contribution in [0.1, 0.15) is 24.0 Å². The zero-order chi connectivity index (χ0) is 27.9. The topological polar surface area (TPSA) is 105 Å². The van der Waals surface area contributed by atoms with Gasteiger partial charge in [0, 0.05) is 32.6 Å². The molecule has 3 atom stereocenters. The Morgan fingerprint density at radius 3 is 2.46 bits per heavy atom. The Bertz CT molecular complexity index is 1440. The van der Waals surface area contributed by atoms with Gasteiger partial charge in [0.25, 0.3) is 5.91 Å². The maximum absolute atomic E-state index is 14.4. The SMILES string of the molecule is COc1ccc(SN2c3ccc(Cl)cc3[C@](O)(c3ccccc3Cl)[C@@H]2C(=O)N2CCC[C@H]2C(N)=O)cc1OC. The summed E-state index contributed by atoms with van der Waals surface area (Å²) in [6, 6.07) is 15.4. The molecule has 0 radical (unpaired) electrons. The zero-order valence-corrected chi connectivity index (χ0v) is 23.6. The summed E-state index contributed by atoms with van der Waals surface area (Å²) in [5, 5.41) is 13.3. The number of ether oxygens (including phenoxy) is 2. The first-order valence-corrected chi connectivity index (χ1v) is 13.8. The van der Waals surface area contributed by atoms with Crippen LogP contribution >= 0.6 is 35.1 Å². The van der Waals surface area contributed by atoms with Crippen LogP contribution in [0.4, 0.5) is 5.69 Å². The molecular formula is C28H27Cl2N3O5S. The lowest BCUT2D eigenvalue weighted by atomic mass is 9.82.